The van der Waals surface area contributed by atoms with Gasteiger partial charge in [-0.3, -0.25) is 0 Å². The molecule has 1 aliphatic heterocycles. The van der Waals surface area contributed by atoms with Gasteiger partial charge >= 0.3 is 0 Å². The fourth-order valence-electron chi connectivity index (χ4n) is 3.59. The molecule has 0 spiro atoms. The minimum Gasteiger partial charge on any atom is -0.366 e. The summed E-state index contributed by atoms with van der Waals surface area (Å²) in [7, 11) is 2.23. The zero-order valence-electron chi connectivity index (χ0n) is 14.2. The summed E-state index contributed by atoms with van der Waals surface area (Å²) in [6.45, 7) is 4.20. The molecule has 0 bridgehead atoms. The Hall–Kier alpha value is -1.64. The summed E-state index contributed by atoms with van der Waals surface area (Å²) in [6, 6.07) is 21.8. The lowest BCUT2D eigenvalue weighted by Gasteiger charge is -2.32. The van der Waals surface area contributed by atoms with Crippen LogP contribution < -0.4 is 0 Å². The van der Waals surface area contributed by atoms with Crippen LogP contribution in [0.3, 0.4) is 0 Å². The van der Waals surface area contributed by atoms with Gasteiger partial charge in [-0.1, -0.05) is 60.7 Å². The molecule has 2 aromatic carbocycles. The Morgan fingerprint density at radius 3 is 2.04 bits per heavy atom. The van der Waals surface area contributed by atoms with Gasteiger partial charge in [0.1, 0.15) is 5.60 Å². The Balaban J connectivity index is 1.76. The van der Waals surface area contributed by atoms with E-state index in [4.69, 9.17) is 4.74 Å². The van der Waals surface area contributed by atoms with E-state index in [2.05, 4.69) is 79.5 Å². The van der Waals surface area contributed by atoms with Crippen molar-refractivity contribution in [1.82, 2.24) is 4.90 Å². The first-order chi connectivity index (χ1) is 11.2. The summed E-state index contributed by atoms with van der Waals surface area (Å²) >= 11 is 0. The van der Waals surface area contributed by atoms with E-state index in [1.165, 1.54) is 30.5 Å². The predicted molar refractivity (Wildman–Crippen MR) is 95.6 cm³/mol. The normalized spacial score (nSPS) is 19.1. The van der Waals surface area contributed by atoms with Gasteiger partial charge < -0.3 is 9.64 Å². The van der Waals surface area contributed by atoms with Crippen LogP contribution in [-0.2, 0) is 10.3 Å². The lowest BCUT2D eigenvalue weighted by Crippen LogP contribution is -2.31. The third-order valence-electron chi connectivity index (χ3n) is 5.16. The molecule has 1 atom stereocenters. The summed E-state index contributed by atoms with van der Waals surface area (Å²) in [5.41, 5.74) is 2.04. The van der Waals surface area contributed by atoms with Crippen LogP contribution in [0.1, 0.15) is 37.3 Å². The van der Waals surface area contributed by atoms with Crippen LogP contribution in [0.5, 0.6) is 0 Å². The molecule has 0 aromatic heterocycles. The number of nitrogens with zero attached hydrogens (tertiary/aromatic N) is 1. The van der Waals surface area contributed by atoms with Gasteiger partial charge in [0.15, 0.2) is 0 Å². The first kappa shape index (κ1) is 16.2. The highest BCUT2D eigenvalue weighted by molar-refractivity contribution is 5.35. The number of hydrogen-bond donors (Lipinski definition) is 0. The van der Waals surface area contributed by atoms with Gasteiger partial charge in [0.05, 0.1) is 0 Å². The Kier molecular flexibility index (Phi) is 5.14. The molecule has 1 unspecified atom stereocenters. The van der Waals surface area contributed by atoms with Crippen LogP contribution in [0.15, 0.2) is 60.7 Å². The van der Waals surface area contributed by atoms with E-state index < -0.39 is 0 Å². The molecule has 122 valence electrons. The van der Waals surface area contributed by atoms with Gasteiger partial charge in [0.25, 0.3) is 0 Å². The van der Waals surface area contributed by atoms with Crippen molar-refractivity contribution in [2.45, 2.75) is 37.8 Å². The molecule has 0 N–H and O–H groups in total. The van der Waals surface area contributed by atoms with E-state index in [9.17, 15) is 0 Å². The SMILES string of the molecule is CN1CCCC1CCOC(C)(c1ccccc1)c1ccccc1. The molecular weight excluding hydrogens is 282 g/mol. The predicted octanol–water partition coefficient (Wildman–Crippen LogP) is 4.45. The molecule has 3 rings (SSSR count). The van der Waals surface area contributed by atoms with E-state index in [1.807, 2.05) is 0 Å². The van der Waals surface area contributed by atoms with Crippen molar-refractivity contribution in [2.24, 2.45) is 0 Å². The number of ether oxygens (including phenoxy) is 1. The quantitative estimate of drug-likeness (QED) is 0.781. The highest BCUT2D eigenvalue weighted by atomic mass is 16.5. The maximum absolute atomic E-state index is 6.49. The molecule has 1 aliphatic rings. The fourth-order valence-corrected chi connectivity index (χ4v) is 3.59. The average Bonchev–Trinajstić information content (AvgIpc) is 3.01. The lowest BCUT2D eigenvalue weighted by atomic mass is 9.88. The summed E-state index contributed by atoms with van der Waals surface area (Å²) in [6.07, 6.45) is 3.72. The minimum absolute atomic E-state index is 0.389. The molecule has 0 saturated carbocycles. The highest BCUT2D eigenvalue weighted by Crippen LogP contribution is 2.33. The summed E-state index contributed by atoms with van der Waals surface area (Å²) < 4.78 is 6.49. The fraction of sp³-hybridized carbons (Fsp3) is 0.429. The molecular formula is C21H27NO. The second-order valence-corrected chi connectivity index (χ2v) is 6.68. The van der Waals surface area contributed by atoms with Gasteiger partial charge in [0.2, 0.25) is 0 Å². The van der Waals surface area contributed by atoms with Crippen LogP contribution in [0.2, 0.25) is 0 Å². The molecule has 2 nitrogen and oxygen atoms in total. The van der Waals surface area contributed by atoms with Crippen molar-refractivity contribution >= 4 is 0 Å². The van der Waals surface area contributed by atoms with E-state index in [0.717, 1.165) is 13.0 Å². The molecule has 2 heteroatoms. The van der Waals surface area contributed by atoms with Gasteiger partial charge in [-0.05, 0) is 50.9 Å². The van der Waals surface area contributed by atoms with Crippen molar-refractivity contribution in [3.8, 4) is 0 Å². The number of likely N-dealkylation sites (tertiary alicyclic amines) is 1. The Labute approximate surface area is 140 Å². The van der Waals surface area contributed by atoms with Crippen LogP contribution in [0.4, 0.5) is 0 Å². The van der Waals surface area contributed by atoms with Gasteiger partial charge in [0, 0.05) is 12.6 Å². The Morgan fingerprint density at radius 2 is 1.57 bits per heavy atom. The van der Waals surface area contributed by atoms with E-state index >= 15 is 0 Å². The van der Waals surface area contributed by atoms with Crippen LogP contribution in [0.25, 0.3) is 0 Å². The molecule has 1 fully saturated rings. The van der Waals surface area contributed by atoms with Gasteiger partial charge in [-0.15, -0.1) is 0 Å². The maximum Gasteiger partial charge on any atom is 0.115 e. The molecule has 2 aromatic rings. The van der Waals surface area contributed by atoms with Gasteiger partial charge in [-0.25, -0.2) is 0 Å². The first-order valence-corrected chi connectivity index (χ1v) is 8.65. The van der Waals surface area contributed by atoms with Gasteiger partial charge in [-0.2, -0.15) is 0 Å². The first-order valence-electron chi connectivity index (χ1n) is 8.65. The number of hydrogen-bond acceptors (Lipinski definition) is 2. The second-order valence-electron chi connectivity index (χ2n) is 6.68. The minimum atomic E-state index is -0.389. The molecule has 23 heavy (non-hydrogen) atoms. The third kappa shape index (κ3) is 3.65. The van der Waals surface area contributed by atoms with E-state index in [-0.39, 0.29) is 5.60 Å². The number of benzene rings is 2. The van der Waals surface area contributed by atoms with Crippen molar-refractivity contribution in [2.75, 3.05) is 20.2 Å². The molecule has 0 radical (unpaired) electrons. The summed E-state index contributed by atoms with van der Waals surface area (Å²) in [4.78, 5) is 2.46. The summed E-state index contributed by atoms with van der Waals surface area (Å²) in [5, 5.41) is 0. The Morgan fingerprint density at radius 1 is 1.00 bits per heavy atom. The highest BCUT2D eigenvalue weighted by Gasteiger charge is 2.30. The van der Waals surface area contributed by atoms with E-state index in [1.54, 1.807) is 0 Å². The third-order valence-corrected chi connectivity index (χ3v) is 5.16. The number of rotatable bonds is 6. The standard InChI is InChI=1S/C21H27NO/c1-21(18-10-5-3-6-11-18,19-12-7-4-8-13-19)23-17-15-20-14-9-16-22(20)2/h3-8,10-13,20H,9,14-17H2,1-2H3. The topological polar surface area (TPSA) is 12.5 Å². The van der Waals surface area contributed by atoms with Crippen molar-refractivity contribution in [1.29, 1.82) is 0 Å². The summed E-state index contributed by atoms with van der Waals surface area (Å²) in [5.74, 6) is 0. The van der Waals surface area contributed by atoms with Crippen molar-refractivity contribution < 1.29 is 4.74 Å². The van der Waals surface area contributed by atoms with Crippen LogP contribution >= 0.6 is 0 Å². The zero-order chi connectivity index (χ0) is 16.1. The zero-order valence-corrected chi connectivity index (χ0v) is 14.2. The monoisotopic (exact) mass is 309 g/mol. The average molecular weight is 309 g/mol. The lowest BCUT2D eigenvalue weighted by molar-refractivity contribution is -0.0117. The molecule has 1 saturated heterocycles. The molecule has 0 aliphatic carbocycles. The van der Waals surface area contributed by atoms with E-state index in [0.29, 0.717) is 6.04 Å². The molecule has 1 heterocycles. The largest absolute Gasteiger partial charge is 0.366 e. The van der Waals surface area contributed by atoms with Crippen molar-refractivity contribution in [3.05, 3.63) is 71.8 Å². The maximum atomic E-state index is 6.49. The second kappa shape index (κ2) is 7.29. The molecule has 0 amide bonds. The Bertz CT molecular complexity index is 556. The van der Waals surface area contributed by atoms with Crippen molar-refractivity contribution in [3.63, 3.8) is 0 Å². The smallest absolute Gasteiger partial charge is 0.115 e. The van der Waals surface area contributed by atoms with Crippen LogP contribution in [0, 0.1) is 0 Å². The van der Waals surface area contributed by atoms with Crippen LogP contribution in [-0.4, -0.2) is 31.1 Å².